The molecule has 4 aromatic carbocycles. The number of piperidine rings is 4. The summed E-state index contributed by atoms with van der Waals surface area (Å²) in [5.74, 6) is -19.3. The Morgan fingerprint density at radius 1 is 0.426 bits per heavy atom. The van der Waals surface area contributed by atoms with Crippen LogP contribution in [0, 0.1) is 46.2 Å². The summed E-state index contributed by atoms with van der Waals surface area (Å²) in [7, 11) is -0.487. The molecule has 0 saturated carbocycles. The summed E-state index contributed by atoms with van der Waals surface area (Å²) in [6, 6.07) is -21.9. The zero-order valence-corrected chi connectivity index (χ0v) is 53.2. The Balaban J connectivity index is 0.000000237. The molecule has 8 aliphatic heterocycles. The molecule has 4 aromatic rings. The van der Waals surface area contributed by atoms with Crippen molar-refractivity contribution in [3.63, 3.8) is 0 Å². The van der Waals surface area contributed by atoms with E-state index in [1.807, 2.05) is 0 Å². The van der Waals surface area contributed by atoms with E-state index in [0.717, 1.165) is 42.7 Å². The topological polar surface area (TPSA) is 168 Å². The lowest BCUT2D eigenvalue weighted by Crippen LogP contribution is -2.48. The summed E-state index contributed by atoms with van der Waals surface area (Å²) >= 11 is 0. The van der Waals surface area contributed by atoms with E-state index in [1.54, 1.807) is 27.7 Å². The van der Waals surface area contributed by atoms with Gasteiger partial charge in [0.15, 0.2) is 46.0 Å². The normalized spacial score (nSPS) is 54.6. The van der Waals surface area contributed by atoms with Crippen molar-refractivity contribution in [2.24, 2.45) is 46.2 Å². The zero-order valence-electron chi connectivity index (χ0n) is 119. The third-order valence-electron chi connectivity index (χ3n) is 14.1. The number of nitrogens with zero attached hydrogens (tertiary/aromatic N) is 4. The second-order valence-electron chi connectivity index (χ2n) is 22.5. The van der Waals surface area contributed by atoms with Crippen LogP contribution in [-0.4, -0.2) is 173 Å². The number of rotatable bonds is 14. The molecule has 94 heavy (non-hydrogen) atoms. The molecule has 0 aromatic heterocycles. The Morgan fingerprint density at radius 3 is 0.894 bits per heavy atom. The summed E-state index contributed by atoms with van der Waals surface area (Å²) in [5, 5.41) is 45.5. The number of fused-ring (bicyclic) bond motifs is 12. The van der Waals surface area contributed by atoms with Crippen molar-refractivity contribution in [1.82, 2.24) is 19.6 Å². The summed E-state index contributed by atoms with van der Waals surface area (Å²) in [6.07, 6.45) is -53.1. The molecule has 12 rings (SSSR count). The fourth-order valence-corrected chi connectivity index (χ4v) is 10.1. The molecule has 0 amide bonds. The fraction of sp³-hybridized carbons (Fsp3) is 0.692. The second-order valence-corrected chi connectivity index (χ2v) is 22.5. The van der Waals surface area contributed by atoms with Crippen molar-refractivity contribution in [3.8, 4) is 46.0 Å². The largest absolute Gasteiger partial charge is 0.493 e. The van der Waals surface area contributed by atoms with Gasteiger partial charge in [-0.25, -0.2) is 0 Å². The van der Waals surface area contributed by atoms with Crippen LogP contribution in [0.4, 0.5) is 0 Å². The van der Waals surface area contributed by atoms with E-state index < -0.39 is 385 Å². The van der Waals surface area contributed by atoms with Crippen LogP contribution < -0.4 is 37.9 Å². The first kappa shape index (κ1) is 25.9. The average molecular weight is 1370 g/mol. The van der Waals surface area contributed by atoms with Crippen molar-refractivity contribution in [3.05, 3.63) is 92.8 Å². The summed E-state index contributed by atoms with van der Waals surface area (Å²) in [5.41, 5.74) is -15.7. The van der Waals surface area contributed by atoms with Gasteiger partial charge in [0.2, 0.25) is 0 Å². The van der Waals surface area contributed by atoms with Gasteiger partial charge < -0.3 is 58.3 Å². The Bertz CT molecular complexity index is 6310. The van der Waals surface area contributed by atoms with Crippen molar-refractivity contribution >= 4 is 0 Å². The third-order valence-corrected chi connectivity index (χ3v) is 14.1. The van der Waals surface area contributed by atoms with Gasteiger partial charge in [-0.1, -0.05) is 68.9 Å². The van der Waals surface area contributed by atoms with Crippen LogP contribution in [0.2, 0.25) is 0 Å². The standard InChI is InChI=1S/2C20H31NO3.2C19H29NO3/c2*1-20(2,3)11-14-12-21-7-6-13-8-18(23-4)19(24-5)9-15(13)16(21)10-17(14)22;2*1-12(2)7-14-11-20-6-5-13-8-18(22-3)19(23-4)9-15(13)16(20)10-17(14)21/h2*8-9,14,16-17,22H,6-7,10-12H2,1-5H3;2*8-9,12,14,16-17,21H,5-7,10-11H2,1-4H3/i1D3,2D3,5D3,6D2,7D2,8D,9D,10D2,11D2,14D,16D,17D;1D3,2D3,6D2,7D2,8D,9D,10D2,11D2,14D,16D,17D;4D3,5D2,6D2,8D,9D,10D2,14D,16D,17D;5D2,6D2,8D,9D,10D2,14D,16D,17D. The smallest absolute Gasteiger partial charge is 0.161 e. The highest BCUT2D eigenvalue weighted by atomic mass is 16.5. The van der Waals surface area contributed by atoms with Gasteiger partial charge in [0.1, 0.15) is 0 Å². The lowest BCUT2D eigenvalue weighted by Gasteiger charge is -2.47. The van der Waals surface area contributed by atoms with Crippen molar-refractivity contribution in [1.29, 1.82) is 0 Å². The molecular weight excluding hydrogens is 1180 g/mol. The monoisotopic (exact) mass is 1370 g/mol. The van der Waals surface area contributed by atoms with Gasteiger partial charge in [-0.2, -0.15) is 0 Å². The number of hydrogen-bond donors (Lipinski definition) is 4. The van der Waals surface area contributed by atoms with Gasteiger partial charge in [-0.15, -0.1) is 0 Å². The Morgan fingerprint density at radius 2 is 0.660 bits per heavy atom. The van der Waals surface area contributed by atoms with Gasteiger partial charge in [0, 0.05) is 137 Å². The molecule has 8 heterocycles. The highest BCUT2D eigenvalue weighted by molar-refractivity contribution is 5.53. The molecule has 4 saturated heterocycles. The van der Waals surface area contributed by atoms with E-state index in [9.17, 15) is 25.9 Å². The lowest BCUT2D eigenvalue weighted by atomic mass is 9.75. The van der Waals surface area contributed by atoms with E-state index in [4.69, 9.17) is 123 Å². The quantitative estimate of drug-likeness (QED) is 0.0940. The van der Waals surface area contributed by atoms with Crippen molar-refractivity contribution in [2.45, 2.75) is 194 Å². The summed E-state index contributed by atoms with van der Waals surface area (Å²) in [6.45, 7) is -27.6. The Labute approximate surface area is 657 Å². The molecule has 0 spiro atoms. The molecule has 8 aliphatic rings. The highest BCUT2D eigenvalue weighted by Crippen LogP contribution is 2.49. The molecule has 4 N–H and O–H groups in total. The van der Waals surface area contributed by atoms with Gasteiger partial charge in [0.05, 0.1) is 111 Å². The minimum absolute atomic E-state index is 0.0704. The molecule has 0 bridgehead atoms. The van der Waals surface area contributed by atoms with Crippen LogP contribution >= 0.6 is 0 Å². The molecule has 524 valence electrons. The van der Waals surface area contributed by atoms with Gasteiger partial charge in [-0.3, -0.25) is 19.6 Å². The lowest BCUT2D eigenvalue weighted by molar-refractivity contribution is -0.0259. The molecular formula is C78H120N4O12. The molecule has 0 aliphatic carbocycles. The maximum atomic E-state index is 11.6. The first-order valence-corrected chi connectivity index (χ1v) is 28.7. The maximum absolute atomic E-state index is 11.6. The fourth-order valence-electron chi connectivity index (χ4n) is 10.1. The van der Waals surface area contributed by atoms with E-state index in [1.165, 1.54) is 0 Å². The van der Waals surface area contributed by atoms with Crippen molar-refractivity contribution < 1.29 is 149 Å². The minimum Gasteiger partial charge on any atom is -0.493 e. The average Bonchev–Trinajstić information content (AvgIpc) is 0.656. The number of ether oxygens (including phenoxy) is 8. The third kappa shape index (κ3) is 17.3. The van der Waals surface area contributed by atoms with Gasteiger partial charge >= 0.3 is 0 Å². The predicted molar refractivity (Wildman–Crippen MR) is 374 cm³/mol. The van der Waals surface area contributed by atoms with Crippen LogP contribution in [0.25, 0.3) is 0 Å². The molecule has 16 heteroatoms. The zero-order chi connectivity index (χ0) is 126. The predicted octanol–water partition coefficient (Wildman–Crippen LogP) is 12.9. The molecule has 0 radical (unpaired) electrons. The van der Waals surface area contributed by atoms with Gasteiger partial charge in [-0.05, 0) is 216 Å². The second kappa shape index (κ2) is 31.7. The van der Waals surface area contributed by atoms with Gasteiger partial charge in [0.25, 0.3) is 0 Å². The molecule has 12 atom stereocenters. The van der Waals surface area contributed by atoms with Crippen molar-refractivity contribution in [2.75, 3.05) is 109 Å². The number of hydrogen-bond acceptors (Lipinski definition) is 16. The Hall–Kier alpha value is -5.04. The van der Waals surface area contributed by atoms with Crippen LogP contribution in [0.1, 0.15) is 279 Å². The van der Waals surface area contributed by atoms with Crippen LogP contribution in [0.3, 0.4) is 0 Å². The van der Waals surface area contributed by atoms with Crippen LogP contribution in [-0.2, 0) is 25.5 Å². The SMILES string of the molecule is [2H]c1c(OC)c(OC([2H])([2H])[2H])c([2H])c2c1C([2H])([2H])C([2H])([2H])N1CC([2H])(C([2H])([2H])C(C)(C([2H])([2H])[2H])C([2H])([2H])[2H])C([2H])(O)C([2H])([2H])C21[2H].[2H]c1c(OC)c(OC([2H])([2H])[2H])c([2H])c2c1C([2H])([2H])C([2H])([2H])N1CC([2H])(CC(C)C)C([2H])(O)C([2H])([2H])C21[2H].[2H]c1c(OC)c(OC)c([2H])c2c1C([2H])([2H])C([2H])([2H])N1CC([2H])(C([2H])([2H])C(C)(C([2H])([2H])[2H])C([2H])([2H])[2H])C([2H])(O)C([2H])([2H])C21[2H].[2H]c1c(OC)c(OC)c([2H])c2c1C([2H])([2H])C([2H])([2H])N1CC([2H])(CC(C)C)C([2H])(O)C([2H])([2H])C21[2H]. The van der Waals surface area contributed by atoms with E-state index >= 15 is 0 Å². The summed E-state index contributed by atoms with van der Waals surface area (Å²) in [4.78, 5) is 0.561. The van der Waals surface area contributed by atoms with Crippen LogP contribution in [0.15, 0.2) is 48.3 Å². The molecule has 4 fully saturated rings. The molecule has 16 nitrogen and oxygen atoms in total. The molecule has 12 unspecified atom stereocenters. The first-order valence-electron chi connectivity index (χ1n) is 61.7. The number of methoxy groups -OCH3 is 8. The van der Waals surface area contributed by atoms with E-state index in [0.29, 0.717) is 23.6 Å². The maximum Gasteiger partial charge on any atom is 0.161 e. The number of aliphatic hydroxyl groups is 4. The van der Waals surface area contributed by atoms with E-state index in [-0.39, 0.29) is 28.6 Å². The highest BCUT2D eigenvalue weighted by Gasteiger charge is 2.44. The first-order chi connectivity index (χ1) is 70.3. The summed E-state index contributed by atoms with van der Waals surface area (Å²) < 4.78 is 600. The Kier molecular flexibility index (Phi) is 8.73. The number of benzene rings is 4. The van der Waals surface area contributed by atoms with Crippen LogP contribution in [0.5, 0.6) is 46.0 Å². The van der Waals surface area contributed by atoms with E-state index in [2.05, 4.69) is 0 Å². The minimum atomic E-state index is -4.42.